The van der Waals surface area contributed by atoms with Crippen LogP contribution in [0.5, 0.6) is 0 Å². The summed E-state index contributed by atoms with van der Waals surface area (Å²) >= 11 is 0. The predicted molar refractivity (Wildman–Crippen MR) is 53.1 cm³/mol. The third-order valence-electron chi connectivity index (χ3n) is 2.71. The third-order valence-corrected chi connectivity index (χ3v) is 2.71. The number of Topliss-reactive ketones (excluding diaryl/α,β-unsaturated/α-hetero) is 1. The number of H-pyrrole nitrogens is 1. The molecule has 6 nitrogen and oxygen atoms in total. The van der Waals surface area contributed by atoms with E-state index in [1.165, 1.54) is 7.11 Å². The summed E-state index contributed by atoms with van der Waals surface area (Å²) in [5.74, 6) is -1.76. The first-order chi connectivity index (χ1) is 7.63. The van der Waals surface area contributed by atoms with E-state index in [9.17, 15) is 9.59 Å². The fourth-order valence-electron chi connectivity index (χ4n) is 1.96. The van der Waals surface area contributed by atoms with Gasteiger partial charge in [0.1, 0.15) is 0 Å². The molecule has 0 aromatic carbocycles. The summed E-state index contributed by atoms with van der Waals surface area (Å²) in [5.41, 5.74) is 1.68. The molecule has 2 N–H and O–H groups in total. The lowest BCUT2D eigenvalue weighted by Gasteiger charge is -2.17. The van der Waals surface area contributed by atoms with Crippen LogP contribution in [-0.2, 0) is 22.6 Å². The van der Waals surface area contributed by atoms with Gasteiger partial charge in [0.2, 0.25) is 0 Å². The van der Waals surface area contributed by atoms with E-state index in [0.29, 0.717) is 23.4 Å². The van der Waals surface area contributed by atoms with Gasteiger partial charge in [0.05, 0.1) is 23.8 Å². The molecule has 0 bridgehead atoms. The number of fused-ring (bicyclic) bond motifs is 1. The minimum atomic E-state index is -0.943. The molecule has 86 valence electrons. The van der Waals surface area contributed by atoms with Gasteiger partial charge in [-0.2, -0.15) is 5.10 Å². The number of aromatic nitrogens is 2. The van der Waals surface area contributed by atoms with E-state index >= 15 is 0 Å². The van der Waals surface area contributed by atoms with Crippen LogP contribution in [0.3, 0.4) is 0 Å². The Morgan fingerprint density at radius 3 is 3.00 bits per heavy atom. The van der Waals surface area contributed by atoms with E-state index in [4.69, 9.17) is 9.84 Å². The molecule has 0 spiro atoms. The lowest BCUT2D eigenvalue weighted by molar-refractivity contribution is -0.141. The van der Waals surface area contributed by atoms with E-state index in [0.717, 1.165) is 0 Å². The van der Waals surface area contributed by atoms with Crippen molar-refractivity contribution in [2.45, 2.75) is 19.4 Å². The summed E-state index contributed by atoms with van der Waals surface area (Å²) in [6, 6.07) is 0. The second-order valence-electron chi connectivity index (χ2n) is 3.82. The Morgan fingerprint density at radius 2 is 2.38 bits per heavy atom. The minimum absolute atomic E-state index is 0.0403. The summed E-state index contributed by atoms with van der Waals surface area (Å²) < 4.78 is 4.92. The fourth-order valence-corrected chi connectivity index (χ4v) is 1.96. The van der Waals surface area contributed by atoms with Crippen LogP contribution in [0.1, 0.15) is 28.2 Å². The zero-order valence-electron chi connectivity index (χ0n) is 8.82. The molecule has 0 fully saturated rings. The molecule has 0 saturated carbocycles. The van der Waals surface area contributed by atoms with Gasteiger partial charge in [0, 0.05) is 25.6 Å². The largest absolute Gasteiger partial charge is 0.481 e. The number of hydrogen-bond acceptors (Lipinski definition) is 4. The Balaban J connectivity index is 2.32. The van der Waals surface area contributed by atoms with Crippen LogP contribution < -0.4 is 0 Å². The van der Waals surface area contributed by atoms with Crippen molar-refractivity contribution in [1.29, 1.82) is 0 Å². The fraction of sp³-hybridized carbons (Fsp3) is 0.500. The maximum absolute atomic E-state index is 11.8. The Hall–Kier alpha value is -1.69. The number of carboxylic acid groups (broad SMARTS) is 1. The molecule has 0 aliphatic heterocycles. The Morgan fingerprint density at radius 1 is 1.62 bits per heavy atom. The molecule has 0 radical (unpaired) electrons. The Kier molecular flexibility index (Phi) is 2.74. The summed E-state index contributed by atoms with van der Waals surface area (Å²) in [5, 5.41) is 15.6. The highest BCUT2D eigenvalue weighted by Crippen LogP contribution is 2.26. The lowest BCUT2D eigenvalue weighted by Crippen LogP contribution is -2.26. The molecule has 1 atom stereocenters. The van der Waals surface area contributed by atoms with Crippen molar-refractivity contribution < 1.29 is 19.4 Å². The van der Waals surface area contributed by atoms with Crippen LogP contribution >= 0.6 is 0 Å². The van der Waals surface area contributed by atoms with Crippen molar-refractivity contribution in [3.63, 3.8) is 0 Å². The SMILES string of the molecule is COCc1n[nH]c2c1C(=O)CC(C(=O)O)C2. The summed E-state index contributed by atoms with van der Waals surface area (Å²) in [6.07, 6.45) is 0.367. The Bertz CT molecular complexity index is 438. The normalized spacial score (nSPS) is 19.6. The second kappa shape index (κ2) is 4.05. The van der Waals surface area contributed by atoms with Crippen LogP contribution in [-0.4, -0.2) is 34.2 Å². The highest BCUT2D eigenvalue weighted by Gasteiger charge is 2.33. The number of methoxy groups -OCH3 is 1. The first-order valence-electron chi connectivity index (χ1n) is 4.94. The molecular weight excluding hydrogens is 212 g/mol. The molecule has 1 aliphatic rings. The summed E-state index contributed by atoms with van der Waals surface area (Å²) in [6.45, 7) is 0.259. The number of nitrogens with one attached hydrogen (secondary N) is 1. The molecule has 1 aromatic rings. The van der Waals surface area contributed by atoms with E-state index in [2.05, 4.69) is 10.2 Å². The maximum Gasteiger partial charge on any atom is 0.307 e. The minimum Gasteiger partial charge on any atom is -0.481 e. The van der Waals surface area contributed by atoms with E-state index in [-0.39, 0.29) is 18.8 Å². The van der Waals surface area contributed by atoms with Gasteiger partial charge in [0.25, 0.3) is 0 Å². The molecule has 2 rings (SSSR count). The van der Waals surface area contributed by atoms with Crippen molar-refractivity contribution in [2.75, 3.05) is 7.11 Å². The van der Waals surface area contributed by atoms with Crippen LogP contribution in [0.15, 0.2) is 0 Å². The number of rotatable bonds is 3. The Labute approximate surface area is 91.6 Å². The van der Waals surface area contributed by atoms with Gasteiger partial charge < -0.3 is 9.84 Å². The number of ketones is 1. The van der Waals surface area contributed by atoms with E-state index in [1.807, 2.05) is 0 Å². The van der Waals surface area contributed by atoms with Crippen molar-refractivity contribution in [2.24, 2.45) is 5.92 Å². The van der Waals surface area contributed by atoms with Crippen LogP contribution in [0.2, 0.25) is 0 Å². The summed E-state index contributed by atoms with van der Waals surface area (Å²) in [7, 11) is 1.52. The smallest absolute Gasteiger partial charge is 0.307 e. The van der Waals surface area contributed by atoms with Gasteiger partial charge in [-0.1, -0.05) is 0 Å². The quantitative estimate of drug-likeness (QED) is 0.774. The molecule has 1 aliphatic carbocycles. The van der Waals surface area contributed by atoms with Crippen molar-refractivity contribution in [1.82, 2.24) is 10.2 Å². The zero-order valence-corrected chi connectivity index (χ0v) is 8.82. The number of ether oxygens (including phenoxy) is 1. The number of aromatic amines is 1. The zero-order chi connectivity index (χ0) is 11.7. The maximum atomic E-state index is 11.8. The molecular formula is C10H12N2O4. The van der Waals surface area contributed by atoms with Crippen LogP contribution in [0, 0.1) is 5.92 Å². The molecule has 1 unspecified atom stereocenters. The highest BCUT2D eigenvalue weighted by atomic mass is 16.5. The van der Waals surface area contributed by atoms with Crippen molar-refractivity contribution in [3.8, 4) is 0 Å². The van der Waals surface area contributed by atoms with Gasteiger partial charge in [-0.05, 0) is 0 Å². The van der Waals surface area contributed by atoms with E-state index < -0.39 is 11.9 Å². The number of carbonyl (C=O) groups excluding carboxylic acids is 1. The molecule has 0 amide bonds. The van der Waals surface area contributed by atoms with Crippen molar-refractivity contribution >= 4 is 11.8 Å². The monoisotopic (exact) mass is 224 g/mol. The van der Waals surface area contributed by atoms with Gasteiger partial charge in [-0.25, -0.2) is 0 Å². The summed E-state index contributed by atoms with van der Waals surface area (Å²) in [4.78, 5) is 22.6. The molecule has 16 heavy (non-hydrogen) atoms. The number of carbonyl (C=O) groups is 2. The van der Waals surface area contributed by atoms with Gasteiger partial charge >= 0.3 is 5.97 Å². The second-order valence-corrected chi connectivity index (χ2v) is 3.82. The molecule has 6 heteroatoms. The average Bonchev–Trinajstić information content (AvgIpc) is 2.62. The van der Waals surface area contributed by atoms with Gasteiger partial charge in [-0.15, -0.1) is 0 Å². The molecule has 1 heterocycles. The number of hydrogen-bond donors (Lipinski definition) is 2. The van der Waals surface area contributed by atoms with Crippen LogP contribution in [0.4, 0.5) is 0 Å². The highest BCUT2D eigenvalue weighted by molar-refractivity contribution is 6.01. The topological polar surface area (TPSA) is 92.3 Å². The number of carboxylic acids is 1. The van der Waals surface area contributed by atoms with Gasteiger partial charge in [-0.3, -0.25) is 14.7 Å². The van der Waals surface area contributed by atoms with Crippen LogP contribution in [0.25, 0.3) is 0 Å². The number of aliphatic carboxylic acids is 1. The first kappa shape index (κ1) is 10.8. The average molecular weight is 224 g/mol. The molecule has 0 saturated heterocycles. The number of nitrogens with zero attached hydrogens (tertiary/aromatic N) is 1. The standard InChI is InChI=1S/C10H12N2O4/c1-16-4-7-9-6(11-12-7)2-5(10(14)15)3-8(9)13/h5H,2-4H2,1H3,(H,11,12)(H,14,15). The van der Waals surface area contributed by atoms with Crippen molar-refractivity contribution in [3.05, 3.63) is 17.0 Å². The van der Waals surface area contributed by atoms with Gasteiger partial charge in [0.15, 0.2) is 5.78 Å². The van der Waals surface area contributed by atoms with E-state index in [1.54, 1.807) is 0 Å². The molecule has 1 aromatic heterocycles. The third kappa shape index (κ3) is 1.71. The first-order valence-corrected chi connectivity index (χ1v) is 4.94. The lowest BCUT2D eigenvalue weighted by atomic mass is 9.86. The predicted octanol–water partition coefficient (Wildman–Crippen LogP) is 0.386.